The highest BCUT2D eigenvalue weighted by Crippen LogP contribution is 2.20. The maximum absolute atomic E-state index is 5.39. The molecule has 0 aromatic heterocycles. The van der Waals surface area contributed by atoms with Crippen LogP contribution in [0.15, 0.2) is 0 Å². The minimum atomic E-state index is 0.277. The average Bonchev–Trinajstić information content (AvgIpc) is 2.16. The van der Waals surface area contributed by atoms with Crippen LogP contribution in [0.25, 0.3) is 0 Å². The standard InChI is InChI=1S/C12H24N2O/c1-12(2,10-13-11-4-3-5-11)14-6-8-15-9-7-14/h11,13H,3-10H2,1-2H3. The number of ether oxygens (including phenoxy) is 1. The SMILES string of the molecule is CC(C)(CNC1CCC1)N1CCOCC1. The van der Waals surface area contributed by atoms with Crippen molar-refractivity contribution in [1.82, 2.24) is 10.2 Å². The molecule has 1 aliphatic heterocycles. The third-order valence-electron chi connectivity index (χ3n) is 3.80. The first-order valence-electron chi connectivity index (χ1n) is 6.25. The zero-order valence-corrected chi connectivity index (χ0v) is 10.1. The van der Waals surface area contributed by atoms with E-state index < -0.39 is 0 Å². The number of hydrogen-bond acceptors (Lipinski definition) is 3. The van der Waals surface area contributed by atoms with E-state index in [0.29, 0.717) is 0 Å². The van der Waals surface area contributed by atoms with E-state index in [4.69, 9.17) is 4.74 Å². The second-order valence-electron chi connectivity index (χ2n) is 5.42. The van der Waals surface area contributed by atoms with Crippen molar-refractivity contribution in [3.63, 3.8) is 0 Å². The third-order valence-corrected chi connectivity index (χ3v) is 3.80. The Balaban J connectivity index is 1.75. The zero-order chi connectivity index (χ0) is 10.7. The molecule has 1 heterocycles. The molecule has 15 heavy (non-hydrogen) atoms. The van der Waals surface area contributed by atoms with Gasteiger partial charge in [0.15, 0.2) is 0 Å². The molecule has 1 saturated carbocycles. The Kier molecular flexibility index (Phi) is 3.65. The van der Waals surface area contributed by atoms with E-state index in [0.717, 1.165) is 38.9 Å². The first kappa shape index (κ1) is 11.4. The topological polar surface area (TPSA) is 24.5 Å². The molecule has 2 rings (SSSR count). The van der Waals surface area contributed by atoms with E-state index in [2.05, 4.69) is 24.1 Å². The van der Waals surface area contributed by atoms with E-state index >= 15 is 0 Å². The molecule has 1 saturated heterocycles. The Labute approximate surface area is 93.2 Å². The first-order chi connectivity index (χ1) is 7.18. The van der Waals surface area contributed by atoms with Gasteiger partial charge in [-0.2, -0.15) is 0 Å². The molecule has 0 aromatic carbocycles. The lowest BCUT2D eigenvalue weighted by atomic mass is 9.92. The number of nitrogens with one attached hydrogen (secondary N) is 1. The molecule has 3 nitrogen and oxygen atoms in total. The average molecular weight is 212 g/mol. The van der Waals surface area contributed by atoms with Gasteiger partial charge in [0.1, 0.15) is 0 Å². The molecule has 0 unspecified atom stereocenters. The molecule has 0 spiro atoms. The van der Waals surface area contributed by atoms with Crippen LogP contribution in [0.1, 0.15) is 33.1 Å². The van der Waals surface area contributed by atoms with E-state index in [1.165, 1.54) is 19.3 Å². The predicted octanol–water partition coefficient (Wildman–Crippen LogP) is 1.24. The number of hydrogen-bond donors (Lipinski definition) is 1. The van der Waals surface area contributed by atoms with Crippen molar-refractivity contribution in [1.29, 1.82) is 0 Å². The zero-order valence-electron chi connectivity index (χ0n) is 10.1. The molecular weight excluding hydrogens is 188 g/mol. The van der Waals surface area contributed by atoms with E-state index in [1.807, 2.05) is 0 Å². The fraction of sp³-hybridized carbons (Fsp3) is 1.00. The fourth-order valence-corrected chi connectivity index (χ4v) is 2.29. The van der Waals surface area contributed by atoms with Gasteiger partial charge in [0.2, 0.25) is 0 Å². The molecular formula is C12H24N2O. The van der Waals surface area contributed by atoms with Gasteiger partial charge in [-0.05, 0) is 26.7 Å². The summed E-state index contributed by atoms with van der Waals surface area (Å²) in [6, 6.07) is 0.797. The molecule has 0 aromatic rings. The van der Waals surface area contributed by atoms with Crippen molar-refractivity contribution in [2.45, 2.75) is 44.7 Å². The summed E-state index contributed by atoms with van der Waals surface area (Å²) < 4.78 is 5.39. The number of morpholine rings is 1. The highest BCUT2D eigenvalue weighted by Gasteiger charge is 2.29. The van der Waals surface area contributed by atoms with Crippen molar-refractivity contribution in [3.8, 4) is 0 Å². The van der Waals surface area contributed by atoms with Gasteiger partial charge in [-0.15, -0.1) is 0 Å². The summed E-state index contributed by atoms with van der Waals surface area (Å²) in [5, 5.41) is 3.67. The van der Waals surface area contributed by atoms with Gasteiger partial charge in [-0.25, -0.2) is 0 Å². The van der Waals surface area contributed by atoms with Gasteiger partial charge in [0.05, 0.1) is 13.2 Å². The molecule has 1 N–H and O–H groups in total. The molecule has 0 amide bonds. The van der Waals surface area contributed by atoms with E-state index in [9.17, 15) is 0 Å². The third kappa shape index (κ3) is 2.92. The predicted molar refractivity (Wildman–Crippen MR) is 62.1 cm³/mol. The summed E-state index contributed by atoms with van der Waals surface area (Å²) in [5.74, 6) is 0. The van der Waals surface area contributed by atoms with E-state index in [1.54, 1.807) is 0 Å². The smallest absolute Gasteiger partial charge is 0.0594 e. The summed E-state index contributed by atoms with van der Waals surface area (Å²) in [6.07, 6.45) is 4.16. The number of rotatable bonds is 4. The Morgan fingerprint density at radius 2 is 1.93 bits per heavy atom. The Morgan fingerprint density at radius 1 is 1.27 bits per heavy atom. The van der Waals surface area contributed by atoms with Gasteiger partial charge >= 0.3 is 0 Å². The van der Waals surface area contributed by atoms with Crippen molar-refractivity contribution < 1.29 is 4.74 Å². The van der Waals surface area contributed by atoms with Crippen LogP contribution < -0.4 is 5.32 Å². The van der Waals surface area contributed by atoms with Crippen LogP contribution in [0.2, 0.25) is 0 Å². The summed E-state index contributed by atoms with van der Waals surface area (Å²) in [6.45, 7) is 9.74. The van der Waals surface area contributed by atoms with Crippen molar-refractivity contribution >= 4 is 0 Å². The van der Waals surface area contributed by atoms with Crippen LogP contribution in [-0.2, 0) is 4.74 Å². The fourth-order valence-electron chi connectivity index (χ4n) is 2.29. The van der Waals surface area contributed by atoms with Gasteiger partial charge in [0.25, 0.3) is 0 Å². The van der Waals surface area contributed by atoms with Crippen molar-refractivity contribution in [2.24, 2.45) is 0 Å². The lowest BCUT2D eigenvalue weighted by Crippen LogP contribution is -2.56. The molecule has 2 aliphatic rings. The molecule has 0 atom stereocenters. The van der Waals surface area contributed by atoms with Crippen LogP contribution in [0.4, 0.5) is 0 Å². The van der Waals surface area contributed by atoms with Crippen molar-refractivity contribution in [2.75, 3.05) is 32.8 Å². The summed E-state index contributed by atoms with van der Waals surface area (Å²) >= 11 is 0. The molecule has 0 radical (unpaired) electrons. The van der Waals surface area contributed by atoms with Gasteiger partial charge < -0.3 is 10.1 Å². The van der Waals surface area contributed by atoms with Crippen molar-refractivity contribution in [3.05, 3.63) is 0 Å². The molecule has 1 aliphatic carbocycles. The minimum Gasteiger partial charge on any atom is -0.379 e. The van der Waals surface area contributed by atoms with Crippen LogP contribution >= 0.6 is 0 Å². The van der Waals surface area contributed by atoms with Crippen LogP contribution in [-0.4, -0.2) is 49.3 Å². The lowest BCUT2D eigenvalue weighted by Gasteiger charge is -2.42. The van der Waals surface area contributed by atoms with Crippen LogP contribution in [0, 0.1) is 0 Å². The second-order valence-corrected chi connectivity index (χ2v) is 5.42. The van der Waals surface area contributed by atoms with Gasteiger partial charge in [-0.1, -0.05) is 6.42 Å². The maximum Gasteiger partial charge on any atom is 0.0594 e. The molecule has 2 fully saturated rings. The second kappa shape index (κ2) is 4.81. The maximum atomic E-state index is 5.39. The number of nitrogens with zero attached hydrogens (tertiary/aromatic N) is 1. The Hall–Kier alpha value is -0.120. The monoisotopic (exact) mass is 212 g/mol. The minimum absolute atomic E-state index is 0.277. The lowest BCUT2D eigenvalue weighted by molar-refractivity contribution is -0.0111. The van der Waals surface area contributed by atoms with Crippen LogP contribution in [0.3, 0.4) is 0 Å². The largest absolute Gasteiger partial charge is 0.379 e. The van der Waals surface area contributed by atoms with Gasteiger partial charge in [-0.3, -0.25) is 4.90 Å². The Morgan fingerprint density at radius 3 is 2.47 bits per heavy atom. The summed E-state index contributed by atoms with van der Waals surface area (Å²) in [5.41, 5.74) is 0.277. The summed E-state index contributed by atoms with van der Waals surface area (Å²) in [4.78, 5) is 2.54. The highest BCUT2D eigenvalue weighted by molar-refractivity contribution is 4.88. The normalized spacial score (nSPS) is 25.2. The van der Waals surface area contributed by atoms with E-state index in [-0.39, 0.29) is 5.54 Å². The Bertz CT molecular complexity index is 196. The molecule has 3 heteroatoms. The first-order valence-corrected chi connectivity index (χ1v) is 6.25. The van der Waals surface area contributed by atoms with Gasteiger partial charge in [0, 0.05) is 31.2 Å². The quantitative estimate of drug-likeness (QED) is 0.759. The molecule has 88 valence electrons. The summed E-state index contributed by atoms with van der Waals surface area (Å²) in [7, 11) is 0. The highest BCUT2D eigenvalue weighted by atomic mass is 16.5. The van der Waals surface area contributed by atoms with Crippen LogP contribution in [0.5, 0.6) is 0 Å². The molecule has 0 bridgehead atoms.